The number of methoxy groups -OCH3 is 1. The van der Waals surface area contributed by atoms with Gasteiger partial charge in [0.05, 0.1) is 19.3 Å². The summed E-state index contributed by atoms with van der Waals surface area (Å²) in [7, 11) is 1.65. The molecule has 0 fully saturated rings. The standard InChI is InChI=1S/C16H20N2O2S/c1-3-4-5-15(19)17-10-16-18-14(11-21-16)12-6-8-13(20-2)9-7-12/h6-9,11H,3-5,10H2,1-2H3,(H,17,19). The fourth-order valence-corrected chi connectivity index (χ4v) is 2.63. The number of aromatic nitrogens is 1. The third-order valence-electron chi connectivity index (χ3n) is 3.13. The molecule has 0 spiro atoms. The summed E-state index contributed by atoms with van der Waals surface area (Å²) in [6.07, 6.45) is 2.56. The molecular weight excluding hydrogens is 284 g/mol. The van der Waals surface area contributed by atoms with Gasteiger partial charge in [0.15, 0.2) is 0 Å². The molecule has 0 aliphatic carbocycles. The van der Waals surface area contributed by atoms with Crippen molar-refractivity contribution in [3.63, 3.8) is 0 Å². The topological polar surface area (TPSA) is 51.2 Å². The van der Waals surface area contributed by atoms with E-state index in [2.05, 4.69) is 17.2 Å². The van der Waals surface area contributed by atoms with Gasteiger partial charge in [0.2, 0.25) is 5.91 Å². The van der Waals surface area contributed by atoms with Crippen molar-refractivity contribution >= 4 is 17.2 Å². The molecule has 0 saturated carbocycles. The average Bonchev–Trinajstić information content (AvgIpc) is 3.00. The van der Waals surface area contributed by atoms with Gasteiger partial charge in [-0.15, -0.1) is 11.3 Å². The highest BCUT2D eigenvalue weighted by Crippen LogP contribution is 2.24. The van der Waals surface area contributed by atoms with Crippen molar-refractivity contribution in [2.75, 3.05) is 7.11 Å². The van der Waals surface area contributed by atoms with E-state index in [1.807, 2.05) is 29.6 Å². The van der Waals surface area contributed by atoms with Gasteiger partial charge >= 0.3 is 0 Å². The molecule has 0 aliphatic rings. The van der Waals surface area contributed by atoms with Crippen LogP contribution < -0.4 is 10.1 Å². The molecule has 2 rings (SSSR count). The summed E-state index contributed by atoms with van der Waals surface area (Å²) >= 11 is 1.56. The first-order chi connectivity index (χ1) is 10.2. The molecule has 0 saturated heterocycles. The average molecular weight is 304 g/mol. The number of nitrogens with one attached hydrogen (secondary N) is 1. The quantitative estimate of drug-likeness (QED) is 0.850. The zero-order chi connectivity index (χ0) is 15.1. The molecule has 0 bridgehead atoms. The fourth-order valence-electron chi connectivity index (χ4n) is 1.89. The van der Waals surface area contributed by atoms with Gasteiger partial charge in [-0.1, -0.05) is 13.3 Å². The molecule has 5 heteroatoms. The molecular formula is C16H20N2O2S. The van der Waals surface area contributed by atoms with Crippen LogP contribution in [0.2, 0.25) is 0 Å². The number of carbonyl (C=O) groups excluding carboxylic acids is 1. The van der Waals surface area contributed by atoms with Crippen LogP contribution in [0.15, 0.2) is 29.6 Å². The van der Waals surface area contributed by atoms with E-state index in [0.29, 0.717) is 13.0 Å². The monoisotopic (exact) mass is 304 g/mol. The molecule has 1 heterocycles. The third kappa shape index (κ3) is 4.56. The minimum atomic E-state index is 0.0954. The highest BCUT2D eigenvalue weighted by Gasteiger charge is 2.06. The number of amides is 1. The number of carbonyl (C=O) groups is 1. The van der Waals surface area contributed by atoms with E-state index < -0.39 is 0 Å². The van der Waals surface area contributed by atoms with Crippen molar-refractivity contribution in [1.82, 2.24) is 10.3 Å². The Kier molecular flexibility index (Phi) is 5.75. The van der Waals surface area contributed by atoms with Crippen LogP contribution in [0, 0.1) is 0 Å². The lowest BCUT2D eigenvalue weighted by atomic mass is 10.2. The summed E-state index contributed by atoms with van der Waals surface area (Å²) in [6.45, 7) is 2.58. The van der Waals surface area contributed by atoms with Crippen molar-refractivity contribution < 1.29 is 9.53 Å². The van der Waals surface area contributed by atoms with E-state index in [0.717, 1.165) is 34.9 Å². The molecule has 1 aromatic carbocycles. The van der Waals surface area contributed by atoms with E-state index in [1.54, 1.807) is 18.4 Å². The highest BCUT2D eigenvalue weighted by atomic mass is 32.1. The minimum Gasteiger partial charge on any atom is -0.497 e. The smallest absolute Gasteiger partial charge is 0.220 e. The van der Waals surface area contributed by atoms with E-state index in [4.69, 9.17) is 4.74 Å². The fraction of sp³-hybridized carbons (Fsp3) is 0.375. The zero-order valence-corrected chi connectivity index (χ0v) is 13.2. The van der Waals surface area contributed by atoms with Crippen LogP contribution in [0.4, 0.5) is 0 Å². The Bertz CT molecular complexity index is 578. The third-order valence-corrected chi connectivity index (χ3v) is 3.98. The van der Waals surface area contributed by atoms with Gasteiger partial charge in [-0.3, -0.25) is 4.79 Å². The SMILES string of the molecule is CCCCC(=O)NCc1nc(-c2ccc(OC)cc2)cs1. The molecule has 112 valence electrons. The summed E-state index contributed by atoms with van der Waals surface area (Å²) in [6, 6.07) is 7.80. The van der Waals surface area contributed by atoms with Crippen LogP contribution in [0.25, 0.3) is 11.3 Å². The molecule has 1 aromatic heterocycles. The Morgan fingerprint density at radius 2 is 2.10 bits per heavy atom. The number of ether oxygens (including phenoxy) is 1. The van der Waals surface area contributed by atoms with E-state index in [-0.39, 0.29) is 5.91 Å². The maximum atomic E-state index is 11.6. The predicted molar refractivity (Wildman–Crippen MR) is 85.5 cm³/mol. The Morgan fingerprint density at radius 3 is 2.76 bits per heavy atom. The lowest BCUT2D eigenvalue weighted by molar-refractivity contribution is -0.121. The number of hydrogen-bond donors (Lipinski definition) is 1. The Balaban J connectivity index is 1.92. The second-order valence-corrected chi connectivity index (χ2v) is 5.68. The van der Waals surface area contributed by atoms with Crippen molar-refractivity contribution in [3.8, 4) is 17.0 Å². The van der Waals surface area contributed by atoms with Crippen molar-refractivity contribution in [3.05, 3.63) is 34.7 Å². The van der Waals surface area contributed by atoms with Gasteiger partial charge in [-0.2, -0.15) is 0 Å². The molecule has 0 radical (unpaired) electrons. The summed E-state index contributed by atoms with van der Waals surface area (Å²) in [5.41, 5.74) is 1.98. The van der Waals surface area contributed by atoms with E-state index in [1.165, 1.54) is 0 Å². The van der Waals surface area contributed by atoms with Gasteiger partial charge in [-0.25, -0.2) is 4.98 Å². The Hall–Kier alpha value is -1.88. The van der Waals surface area contributed by atoms with Crippen LogP contribution in [-0.2, 0) is 11.3 Å². The first-order valence-electron chi connectivity index (χ1n) is 7.08. The highest BCUT2D eigenvalue weighted by molar-refractivity contribution is 7.09. The van der Waals surface area contributed by atoms with Crippen LogP contribution in [0.5, 0.6) is 5.75 Å². The number of benzene rings is 1. The van der Waals surface area contributed by atoms with Crippen LogP contribution >= 0.6 is 11.3 Å². The van der Waals surface area contributed by atoms with Crippen molar-refractivity contribution in [2.45, 2.75) is 32.7 Å². The van der Waals surface area contributed by atoms with Gasteiger partial charge in [0.25, 0.3) is 0 Å². The van der Waals surface area contributed by atoms with E-state index in [9.17, 15) is 4.79 Å². The van der Waals surface area contributed by atoms with E-state index >= 15 is 0 Å². The molecule has 2 aromatic rings. The normalized spacial score (nSPS) is 10.4. The van der Waals surface area contributed by atoms with Gasteiger partial charge in [0, 0.05) is 17.4 Å². The van der Waals surface area contributed by atoms with Crippen molar-refractivity contribution in [2.24, 2.45) is 0 Å². The lowest BCUT2D eigenvalue weighted by Gasteiger charge is -2.02. The number of nitrogens with zero attached hydrogens (tertiary/aromatic N) is 1. The summed E-state index contributed by atoms with van der Waals surface area (Å²) in [5, 5.41) is 5.84. The largest absolute Gasteiger partial charge is 0.497 e. The second-order valence-electron chi connectivity index (χ2n) is 4.74. The summed E-state index contributed by atoms with van der Waals surface area (Å²) in [4.78, 5) is 16.1. The van der Waals surface area contributed by atoms with Crippen LogP contribution in [-0.4, -0.2) is 18.0 Å². The summed E-state index contributed by atoms with van der Waals surface area (Å²) in [5.74, 6) is 0.926. The van der Waals surface area contributed by atoms with Gasteiger partial charge in [-0.05, 0) is 30.7 Å². The maximum Gasteiger partial charge on any atom is 0.220 e. The maximum absolute atomic E-state index is 11.6. The number of rotatable bonds is 7. The molecule has 1 N–H and O–H groups in total. The number of unbranched alkanes of at least 4 members (excludes halogenated alkanes) is 1. The number of hydrogen-bond acceptors (Lipinski definition) is 4. The predicted octanol–water partition coefficient (Wildman–Crippen LogP) is 3.63. The van der Waals surface area contributed by atoms with Crippen LogP contribution in [0.3, 0.4) is 0 Å². The van der Waals surface area contributed by atoms with Gasteiger partial charge in [0.1, 0.15) is 10.8 Å². The molecule has 4 nitrogen and oxygen atoms in total. The van der Waals surface area contributed by atoms with Crippen LogP contribution in [0.1, 0.15) is 31.2 Å². The minimum absolute atomic E-state index is 0.0954. The number of thiazole rings is 1. The Labute approximate surface area is 129 Å². The summed E-state index contributed by atoms with van der Waals surface area (Å²) < 4.78 is 5.14. The molecule has 21 heavy (non-hydrogen) atoms. The molecule has 0 aliphatic heterocycles. The first-order valence-corrected chi connectivity index (χ1v) is 7.96. The van der Waals surface area contributed by atoms with Gasteiger partial charge < -0.3 is 10.1 Å². The zero-order valence-electron chi connectivity index (χ0n) is 12.4. The lowest BCUT2D eigenvalue weighted by Crippen LogP contribution is -2.22. The molecule has 0 unspecified atom stereocenters. The first kappa shape index (κ1) is 15.5. The molecule has 1 amide bonds. The molecule has 0 atom stereocenters. The Morgan fingerprint density at radius 1 is 1.33 bits per heavy atom. The van der Waals surface area contributed by atoms with Crippen molar-refractivity contribution in [1.29, 1.82) is 0 Å². The second kappa shape index (κ2) is 7.78.